The van der Waals surface area contributed by atoms with Crippen LogP contribution in [0.2, 0.25) is 0 Å². The van der Waals surface area contributed by atoms with E-state index >= 15 is 0 Å². The Morgan fingerprint density at radius 3 is 3.00 bits per heavy atom. The summed E-state index contributed by atoms with van der Waals surface area (Å²) in [7, 11) is 0. The summed E-state index contributed by atoms with van der Waals surface area (Å²) < 4.78 is 0. The van der Waals surface area contributed by atoms with E-state index in [-0.39, 0.29) is 0 Å². The molecule has 0 aromatic heterocycles. The van der Waals surface area contributed by atoms with Gasteiger partial charge in [0, 0.05) is 18.3 Å². The molecule has 1 aliphatic heterocycles. The van der Waals surface area contributed by atoms with Crippen molar-refractivity contribution in [2.45, 2.75) is 31.6 Å². The van der Waals surface area contributed by atoms with Gasteiger partial charge in [-0.25, -0.2) is 0 Å². The van der Waals surface area contributed by atoms with E-state index in [1.54, 1.807) is 0 Å². The van der Waals surface area contributed by atoms with Crippen LogP contribution in [0, 0.1) is 6.92 Å². The molecule has 0 bridgehead atoms. The number of benzene rings is 1. The van der Waals surface area contributed by atoms with Crippen molar-refractivity contribution >= 4 is 11.8 Å². The summed E-state index contributed by atoms with van der Waals surface area (Å²) in [6, 6.07) is 8.62. The van der Waals surface area contributed by atoms with Crippen molar-refractivity contribution in [1.29, 1.82) is 0 Å². The molecule has 0 aliphatic carbocycles. The lowest BCUT2D eigenvalue weighted by atomic mass is 10.1. The van der Waals surface area contributed by atoms with Crippen molar-refractivity contribution < 1.29 is 0 Å². The number of aryl methyl sites for hydroxylation is 1. The van der Waals surface area contributed by atoms with Crippen LogP contribution in [0.15, 0.2) is 24.3 Å². The van der Waals surface area contributed by atoms with Gasteiger partial charge in [0.2, 0.25) is 0 Å². The zero-order valence-electron chi connectivity index (χ0n) is 9.33. The predicted octanol–water partition coefficient (Wildman–Crippen LogP) is 2.98. The molecule has 15 heavy (non-hydrogen) atoms. The van der Waals surface area contributed by atoms with Gasteiger partial charge in [-0.2, -0.15) is 11.8 Å². The van der Waals surface area contributed by atoms with Crippen molar-refractivity contribution in [1.82, 2.24) is 5.32 Å². The summed E-state index contributed by atoms with van der Waals surface area (Å²) in [5.41, 5.74) is 2.82. The third-order valence-corrected chi connectivity index (χ3v) is 4.37. The van der Waals surface area contributed by atoms with E-state index in [0.717, 1.165) is 11.8 Å². The highest BCUT2D eigenvalue weighted by Gasteiger charge is 2.14. The van der Waals surface area contributed by atoms with Crippen LogP contribution >= 0.6 is 11.8 Å². The van der Waals surface area contributed by atoms with Crippen LogP contribution in [-0.4, -0.2) is 17.5 Å². The molecule has 82 valence electrons. The lowest BCUT2D eigenvalue weighted by molar-refractivity contribution is 0.644. The Hall–Kier alpha value is -0.470. The Labute approximate surface area is 96.7 Å². The molecular formula is C13H19NS. The molecule has 0 spiro atoms. The Morgan fingerprint density at radius 1 is 1.40 bits per heavy atom. The van der Waals surface area contributed by atoms with Gasteiger partial charge in [0.25, 0.3) is 0 Å². The van der Waals surface area contributed by atoms with E-state index in [2.05, 4.69) is 48.3 Å². The second kappa shape index (κ2) is 5.57. The Morgan fingerprint density at radius 2 is 2.27 bits per heavy atom. The van der Waals surface area contributed by atoms with E-state index in [1.165, 1.54) is 36.3 Å². The van der Waals surface area contributed by atoms with Crippen molar-refractivity contribution in [2.75, 3.05) is 12.3 Å². The lowest BCUT2D eigenvalue weighted by Gasteiger charge is -2.11. The van der Waals surface area contributed by atoms with Gasteiger partial charge >= 0.3 is 0 Å². The maximum atomic E-state index is 3.56. The highest BCUT2D eigenvalue weighted by molar-refractivity contribution is 8.00. The third-order valence-electron chi connectivity index (χ3n) is 2.97. The minimum absolute atomic E-state index is 0.856. The number of thioether (sulfide) groups is 1. The van der Waals surface area contributed by atoms with Crippen LogP contribution in [-0.2, 0) is 6.54 Å². The molecule has 0 saturated carbocycles. The third kappa shape index (κ3) is 3.25. The molecule has 1 aromatic carbocycles. The van der Waals surface area contributed by atoms with E-state index in [9.17, 15) is 0 Å². The van der Waals surface area contributed by atoms with Crippen LogP contribution in [0.5, 0.6) is 0 Å². The van der Waals surface area contributed by atoms with Gasteiger partial charge < -0.3 is 5.32 Å². The number of hydrogen-bond donors (Lipinski definition) is 1. The molecule has 1 saturated heterocycles. The molecule has 1 atom stereocenters. The molecule has 1 aliphatic rings. The quantitative estimate of drug-likeness (QED) is 0.839. The zero-order chi connectivity index (χ0) is 10.5. The van der Waals surface area contributed by atoms with Crippen LogP contribution < -0.4 is 5.32 Å². The standard InChI is InChI=1S/C13H19NS/c1-11-5-2-3-6-12(11)9-14-10-13-7-4-8-15-13/h2-3,5-6,13-14H,4,7-10H2,1H3. The van der Waals surface area contributed by atoms with E-state index in [4.69, 9.17) is 0 Å². The SMILES string of the molecule is Cc1ccccc1CNCC1CCCS1. The lowest BCUT2D eigenvalue weighted by Crippen LogP contribution is -2.22. The Bertz CT molecular complexity index is 305. The van der Waals surface area contributed by atoms with Crippen molar-refractivity contribution in [3.8, 4) is 0 Å². The van der Waals surface area contributed by atoms with Gasteiger partial charge in [0.05, 0.1) is 0 Å². The average Bonchev–Trinajstić information content (AvgIpc) is 2.74. The Balaban J connectivity index is 1.75. The molecule has 0 radical (unpaired) electrons. The number of nitrogens with one attached hydrogen (secondary N) is 1. The number of hydrogen-bond acceptors (Lipinski definition) is 2. The van der Waals surface area contributed by atoms with E-state index < -0.39 is 0 Å². The maximum Gasteiger partial charge on any atom is 0.0208 e. The normalized spacial score (nSPS) is 20.7. The van der Waals surface area contributed by atoms with E-state index in [0.29, 0.717) is 0 Å². The smallest absolute Gasteiger partial charge is 0.0208 e. The molecular weight excluding hydrogens is 202 g/mol. The largest absolute Gasteiger partial charge is 0.312 e. The summed E-state index contributed by atoms with van der Waals surface area (Å²) in [6.45, 7) is 4.37. The highest BCUT2D eigenvalue weighted by atomic mass is 32.2. The fourth-order valence-electron chi connectivity index (χ4n) is 1.98. The van der Waals surface area contributed by atoms with Crippen LogP contribution in [0.25, 0.3) is 0 Å². The second-order valence-electron chi connectivity index (χ2n) is 4.19. The first kappa shape index (κ1) is 11.0. The first-order valence-corrected chi connectivity index (χ1v) is 6.78. The van der Waals surface area contributed by atoms with Crippen LogP contribution in [0.1, 0.15) is 24.0 Å². The summed E-state index contributed by atoms with van der Waals surface area (Å²) in [5, 5.41) is 4.42. The van der Waals surface area contributed by atoms with Crippen molar-refractivity contribution in [3.63, 3.8) is 0 Å². The molecule has 1 aromatic rings. The number of rotatable bonds is 4. The maximum absolute atomic E-state index is 3.56. The van der Waals surface area contributed by atoms with Gasteiger partial charge in [-0.3, -0.25) is 0 Å². The molecule has 2 rings (SSSR count). The summed E-state index contributed by atoms with van der Waals surface area (Å²) in [5.74, 6) is 1.36. The molecule has 1 nitrogen and oxygen atoms in total. The highest BCUT2D eigenvalue weighted by Crippen LogP contribution is 2.25. The summed E-state index contributed by atoms with van der Waals surface area (Å²) in [4.78, 5) is 0. The van der Waals surface area contributed by atoms with Crippen molar-refractivity contribution in [3.05, 3.63) is 35.4 Å². The topological polar surface area (TPSA) is 12.0 Å². The Kier molecular flexibility index (Phi) is 4.09. The fraction of sp³-hybridized carbons (Fsp3) is 0.538. The zero-order valence-corrected chi connectivity index (χ0v) is 10.1. The fourth-order valence-corrected chi connectivity index (χ4v) is 3.22. The first-order valence-electron chi connectivity index (χ1n) is 5.73. The minimum atomic E-state index is 0.856. The summed E-state index contributed by atoms with van der Waals surface area (Å²) >= 11 is 2.12. The van der Waals surface area contributed by atoms with Gasteiger partial charge in [-0.15, -0.1) is 0 Å². The van der Waals surface area contributed by atoms with Gasteiger partial charge in [-0.1, -0.05) is 24.3 Å². The summed E-state index contributed by atoms with van der Waals surface area (Å²) in [6.07, 6.45) is 2.80. The van der Waals surface area contributed by atoms with Gasteiger partial charge in [0.1, 0.15) is 0 Å². The van der Waals surface area contributed by atoms with Crippen molar-refractivity contribution in [2.24, 2.45) is 0 Å². The second-order valence-corrected chi connectivity index (χ2v) is 5.60. The van der Waals surface area contributed by atoms with Gasteiger partial charge in [0.15, 0.2) is 0 Å². The predicted molar refractivity (Wildman–Crippen MR) is 68.4 cm³/mol. The molecule has 0 amide bonds. The van der Waals surface area contributed by atoms with E-state index in [1.807, 2.05) is 0 Å². The monoisotopic (exact) mass is 221 g/mol. The van der Waals surface area contributed by atoms with Crippen LogP contribution in [0.3, 0.4) is 0 Å². The molecule has 1 fully saturated rings. The first-order chi connectivity index (χ1) is 7.36. The molecule has 1 N–H and O–H groups in total. The van der Waals surface area contributed by atoms with Gasteiger partial charge in [-0.05, 0) is 36.6 Å². The molecule has 1 unspecified atom stereocenters. The average molecular weight is 221 g/mol. The minimum Gasteiger partial charge on any atom is -0.312 e. The molecule has 2 heteroatoms. The molecule has 1 heterocycles. The van der Waals surface area contributed by atoms with Crippen LogP contribution in [0.4, 0.5) is 0 Å².